The van der Waals surface area contributed by atoms with Gasteiger partial charge in [0.15, 0.2) is 0 Å². The average Bonchev–Trinajstić information content (AvgIpc) is 2.86. The molecule has 2 atom stereocenters. The van der Waals surface area contributed by atoms with Crippen molar-refractivity contribution in [2.24, 2.45) is 5.92 Å². The largest absolute Gasteiger partial charge is 0.340 e. The highest BCUT2D eigenvalue weighted by molar-refractivity contribution is 5.79. The summed E-state index contributed by atoms with van der Waals surface area (Å²) >= 11 is 0. The zero-order valence-corrected chi connectivity index (χ0v) is 13.0. The number of carbonyl (C=O) groups excluding carboxylic acids is 1. The summed E-state index contributed by atoms with van der Waals surface area (Å²) in [7, 11) is 0. The van der Waals surface area contributed by atoms with E-state index in [1.54, 1.807) is 0 Å². The van der Waals surface area contributed by atoms with Gasteiger partial charge in [0.05, 0.1) is 6.04 Å². The topological polar surface area (TPSA) is 51.0 Å². The van der Waals surface area contributed by atoms with E-state index in [2.05, 4.69) is 27.1 Å². The Morgan fingerprint density at radius 3 is 2.81 bits per heavy atom. The number of aryl methyl sites for hydroxylation is 2. The predicted octanol–water partition coefficient (Wildman–Crippen LogP) is 2.41. The van der Waals surface area contributed by atoms with Crippen LogP contribution in [-0.4, -0.2) is 38.7 Å². The van der Waals surface area contributed by atoms with Gasteiger partial charge in [-0.3, -0.25) is 4.79 Å². The van der Waals surface area contributed by atoms with Crippen LogP contribution in [0.2, 0.25) is 0 Å². The second-order valence-electron chi connectivity index (χ2n) is 6.21. The molecule has 0 bridgehead atoms. The Labute approximate surface area is 126 Å². The molecule has 2 heterocycles. The zero-order valence-electron chi connectivity index (χ0n) is 13.0. The Bertz CT molecular complexity index is 548. The number of likely N-dealkylation sites (tertiary alicyclic amines) is 1. The molecule has 1 aliphatic carbocycles. The van der Waals surface area contributed by atoms with Crippen molar-refractivity contribution in [2.75, 3.05) is 13.1 Å². The lowest BCUT2D eigenvalue weighted by atomic mass is 9.92. The number of hydrogen-bond donors (Lipinski definition) is 0. The fraction of sp³-hybridized carbons (Fsp3) is 0.688. The highest BCUT2D eigenvalue weighted by Crippen LogP contribution is 2.26. The number of allylic oxidation sites excluding steroid dienone is 2. The third kappa shape index (κ3) is 3.01. The van der Waals surface area contributed by atoms with E-state index in [9.17, 15) is 4.79 Å². The molecule has 1 aromatic rings. The van der Waals surface area contributed by atoms with Crippen molar-refractivity contribution in [3.8, 4) is 0 Å². The maximum atomic E-state index is 12.7. The van der Waals surface area contributed by atoms with E-state index in [4.69, 9.17) is 0 Å². The second-order valence-corrected chi connectivity index (χ2v) is 6.21. The van der Waals surface area contributed by atoms with Gasteiger partial charge in [0.25, 0.3) is 0 Å². The molecule has 0 N–H and O–H groups in total. The Kier molecular flexibility index (Phi) is 4.08. The molecule has 2 aliphatic rings. The van der Waals surface area contributed by atoms with Crippen LogP contribution in [0, 0.1) is 19.8 Å². The monoisotopic (exact) mass is 288 g/mol. The minimum Gasteiger partial charge on any atom is -0.340 e. The molecule has 1 amide bonds. The summed E-state index contributed by atoms with van der Waals surface area (Å²) in [5.74, 6) is 2.28. The van der Waals surface area contributed by atoms with Gasteiger partial charge in [0, 0.05) is 19.0 Å². The van der Waals surface area contributed by atoms with Gasteiger partial charge in [0.2, 0.25) is 5.91 Å². The van der Waals surface area contributed by atoms with Crippen molar-refractivity contribution >= 4 is 5.91 Å². The standard InChI is InChI=1S/C16H24N4O/c1-12-17-13(2)20(18-12)15-9-6-10-19(11-15)16(21)14-7-4-3-5-8-14/h3-4,14-15H,5-11H2,1-2H3/t14-,15-/m0/s1. The van der Waals surface area contributed by atoms with Crippen LogP contribution in [-0.2, 0) is 4.79 Å². The van der Waals surface area contributed by atoms with Gasteiger partial charge in [-0.25, -0.2) is 9.67 Å². The maximum absolute atomic E-state index is 12.7. The first-order valence-electron chi connectivity index (χ1n) is 7.98. The summed E-state index contributed by atoms with van der Waals surface area (Å²) in [6.07, 6.45) is 9.41. The van der Waals surface area contributed by atoms with Crippen molar-refractivity contribution in [1.29, 1.82) is 0 Å². The third-order valence-corrected chi connectivity index (χ3v) is 4.58. The van der Waals surface area contributed by atoms with Crippen LogP contribution >= 0.6 is 0 Å². The van der Waals surface area contributed by atoms with E-state index >= 15 is 0 Å². The van der Waals surface area contributed by atoms with Crippen molar-refractivity contribution in [2.45, 2.75) is 52.0 Å². The molecule has 114 valence electrons. The number of amides is 1. The summed E-state index contributed by atoms with van der Waals surface area (Å²) in [5.41, 5.74) is 0. The lowest BCUT2D eigenvalue weighted by molar-refractivity contribution is -0.137. The summed E-state index contributed by atoms with van der Waals surface area (Å²) < 4.78 is 2.01. The third-order valence-electron chi connectivity index (χ3n) is 4.58. The minimum absolute atomic E-state index is 0.187. The van der Waals surface area contributed by atoms with E-state index < -0.39 is 0 Å². The molecule has 0 spiro atoms. The molecule has 21 heavy (non-hydrogen) atoms. The summed E-state index contributed by atoms with van der Waals surface area (Å²) in [5, 5.41) is 4.50. The van der Waals surface area contributed by atoms with Gasteiger partial charge in [-0.05, 0) is 46.0 Å². The molecule has 0 unspecified atom stereocenters. The Hall–Kier alpha value is -1.65. The first-order valence-corrected chi connectivity index (χ1v) is 7.98. The van der Waals surface area contributed by atoms with Gasteiger partial charge in [-0.2, -0.15) is 5.10 Å². The fourth-order valence-electron chi connectivity index (χ4n) is 3.51. The lowest BCUT2D eigenvalue weighted by Crippen LogP contribution is -2.44. The molecule has 1 aliphatic heterocycles. The Balaban J connectivity index is 1.69. The smallest absolute Gasteiger partial charge is 0.226 e. The SMILES string of the molecule is Cc1nc(C)n([C@H]2CCCN(C(=O)[C@H]3CC=CCC3)C2)n1. The second kappa shape index (κ2) is 6.00. The van der Waals surface area contributed by atoms with Crippen LogP contribution in [0.15, 0.2) is 12.2 Å². The molecule has 0 radical (unpaired) electrons. The zero-order chi connectivity index (χ0) is 14.8. The lowest BCUT2D eigenvalue weighted by Gasteiger charge is -2.35. The van der Waals surface area contributed by atoms with Crippen LogP contribution < -0.4 is 0 Å². The number of hydrogen-bond acceptors (Lipinski definition) is 3. The first-order chi connectivity index (χ1) is 10.1. The van der Waals surface area contributed by atoms with Crippen molar-refractivity contribution in [3.63, 3.8) is 0 Å². The van der Waals surface area contributed by atoms with E-state index in [-0.39, 0.29) is 12.0 Å². The molecule has 5 heteroatoms. The first kappa shape index (κ1) is 14.3. The summed E-state index contributed by atoms with van der Waals surface area (Å²) in [4.78, 5) is 19.1. The molecule has 3 rings (SSSR count). The highest BCUT2D eigenvalue weighted by atomic mass is 16.2. The molecule has 5 nitrogen and oxygen atoms in total. The summed E-state index contributed by atoms with van der Waals surface area (Å²) in [6, 6.07) is 0.281. The van der Waals surface area contributed by atoms with Gasteiger partial charge in [-0.1, -0.05) is 12.2 Å². The van der Waals surface area contributed by atoms with Crippen LogP contribution in [0.25, 0.3) is 0 Å². The quantitative estimate of drug-likeness (QED) is 0.785. The molecule has 1 aromatic heterocycles. The summed E-state index contributed by atoms with van der Waals surface area (Å²) in [6.45, 7) is 5.58. The van der Waals surface area contributed by atoms with E-state index in [0.29, 0.717) is 5.91 Å². The van der Waals surface area contributed by atoms with E-state index in [0.717, 1.165) is 56.8 Å². The number of piperidine rings is 1. The predicted molar refractivity (Wildman–Crippen MR) is 80.8 cm³/mol. The number of rotatable bonds is 2. The van der Waals surface area contributed by atoms with Crippen LogP contribution in [0.3, 0.4) is 0 Å². The fourth-order valence-corrected chi connectivity index (χ4v) is 3.51. The minimum atomic E-state index is 0.187. The van der Waals surface area contributed by atoms with Crippen molar-refractivity contribution in [3.05, 3.63) is 23.8 Å². The molecule has 0 saturated carbocycles. The van der Waals surface area contributed by atoms with E-state index in [1.807, 2.05) is 18.5 Å². The number of nitrogens with zero attached hydrogens (tertiary/aromatic N) is 4. The van der Waals surface area contributed by atoms with Gasteiger partial charge in [0.1, 0.15) is 11.6 Å². The number of carbonyl (C=O) groups is 1. The van der Waals surface area contributed by atoms with E-state index in [1.165, 1.54) is 0 Å². The highest BCUT2D eigenvalue weighted by Gasteiger charge is 2.30. The number of aromatic nitrogens is 3. The van der Waals surface area contributed by atoms with Crippen LogP contribution in [0.4, 0.5) is 0 Å². The average molecular weight is 288 g/mol. The molecular weight excluding hydrogens is 264 g/mol. The van der Waals surface area contributed by atoms with Crippen molar-refractivity contribution in [1.82, 2.24) is 19.7 Å². The molecule has 1 fully saturated rings. The normalized spacial score (nSPS) is 26.1. The molecule has 1 saturated heterocycles. The Morgan fingerprint density at radius 1 is 1.29 bits per heavy atom. The van der Waals surface area contributed by atoms with Gasteiger partial charge < -0.3 is 4.90 Å². The molecular formula is C16H24N4O. The Morgan fingerprint density at radius 2 is 2.14 bits per heavy atom. The van der Waals surface area contributed by atoms with Crippen molar-refractivity contribution < 1.29 is 4.79 Å². The van der Waals surface area contributed by atoms with Crippen LogP contribution in [0.5, 0.6) is 0 Å². The van der Waals surface area contributed by atoms with Gasteiger partial charge in [-0.15, -0.1) is 0 Å². The van der Waals surface area contributed by atoms with Crippen LogP contribution in [0.1, 0.15) is 49.8 Å². The maximum Gasteiger partial charge on any atom is 0.226 e. The molecule has 0 aromatic carbocycles. The van der Waals surface area contributed by atoms with Gasteiger partial charge >= 0.3 is 0 Å².